The number of ether oxygens (including phenoxy) is 3. The molecule has 0 fully saturated rings. The van der Waals surface area contributed by atoms with Gasteiger partial charge in [-0.05, 0) is 87.2 Å². The summed E-state index contributed by atoms with van der Waals surface area (Å²) < 4.78 is 19.9. The van der Waals surface area contributed by atoms with E-state index in [4.69, 9.17) is 14.2 Å². The molecular formula is C36H49N5O5Si. The molecule has 10 nitrogen and oxygen atoms in total. The summed E-state index contributed by atoms with van der Waals surface area (Å²) in [4.78, 5) is 34.3. The molecular weight excluding hydrogens is 611 g/mol. The van der Waals surface area contributed by atoms with Crippen molar-refractivity contribution in [1.29, 1.82) is 0 Å². The minimum atomic E-state index is -1.18. The number of hydrogen-bond acceptors (Lipinski definition) is 7. The van der Waals surface area contributed by atoms with Gasteiger partial charge in [0, 0.05) is 64.9 Å². The molecule has 0 aliphatic rings. The molecule has 0 bridgehead atoms. The highest BCUT2D eigenvalue weighted by atomic mass is 28.3. The Labute approximate surface area is 279 Å². The number of aryl methyl sites for hydroxylation is 1. The largest absolute Gasteiger partial charge is 0.457 e. The first-order chi connectivity index (χ1) is 22.3. The van der Waals surface area contributed by atoms with Gasteiger partial charge in [0.2, 0.25) is 5.91 Å². The Morgan fingerprint density at radius 1 is 1.02 bits per heavy atom. The Kier molecular flexibility index (Phi) is 12.2. The second kappa shape index (κ2) is 16.1. The van der Waals surface area contributed by atoms with Crippen LogP contribution in [-0.2, 0) is 27.4 Å². The first kappa shape index (κ1) is 35.6. The second-order valence-corrected chi connectivity index (χ2v) is 19.7. The molecule has 0 aliphatic carbocycles. The smallest absolute Gasteiger partial charge is 0.407 e. The predicted molar refractivity (Wildman–Crippen MR) is 188 cm³/mol. The number of carbonyl (C=O) groups excluding carboxylic acids is 2. The molecule has 11 heteroatoms. The molecule has 4 rings (SSSR count). The number of amides is 2. The van der Waals surface area contributed by atoms with Crippen molar-refractivity contribution >= 4 is 31.1 Å². The van der Waals surface area contributed by atoms with Crippen molar-refractivity contribution in [3.63, 3.8) is 0 Å². The van der Waals surface area contributed by atoms with Gasteiger partial charge in [-0.25, -0.2) is 9.78 Å². The van der Waals surface area contributed by atoms with Gasteiger partial charge in [-0.2, -0.15) is 0 Å². The van der Waals surface area contributed by atoms with Crippen LogP contribution in [0.1, 0.15) is 49.8 Å². The summed E-state index contributed by atoms with van der Waals surface area (Å²) in [5, 5.41) is 6.78. The van der Waals surface area contributed by atoms with Gasteiger partial charge in [-0.1, -0.05) is 31.8 Å². The molecule has 1 unspecified atom stereocenters. The molecule has 0 saturated carbocycles. The van der Waals surface area contributed by atoms with Crippen molar-refractivity contribution in [2.75, 3.05) is 19.7 Å². The molecule has 1 aromatic carbocycles. The van der Waals surface area contributed by atoms with Crippen molar-refractivity contribution in [1.82, 2.24) is 25.2 Å². The number of nitrogens with one attached hydrogen (secondary N) is 2. The minimum Gasteiger partial charge on any atom is -0.457 e. The number of benzene rings is 1. The van der Waals surface area contributed by atoms with Crippen molar-refractivity contribution in [3.05, 3.63) is 83.9 Å². The van der Waals surface area contributed by atoms with Crippen LogP contribution in [0.2, 0.25) is 25.7 Å². The van der Waals surface area contributed by atoms with E-state index < -0.39 is 19.8 Å². The zero-order valence-electron chi connectivity index (χ0n) is 28.8. The van der Waals surface area contributed by atoms with E-state index in [1.807, 2.05) is 80.9 Å². The van der Waals surface area contributed by atoms with Gasteiger partial charge < -0.3 is 29.4 Å². The van der Waals surface area contributed by atoms with Crippen molar-refractivity contribution in [3.8, 4) is 11.5 Å². The first-order valence-electron chi connectivity index (χ1n) is 16.2. The van der Waals surface area contributed by atoms with Crippen LogP contribution < -0.4 is 15.4 Å². The third-order valence-electron chi connectivity index (χ3n) is 7.50. The maximum absolute atomic E-state index is 13.1. The molecule has 47 heavy (non-hydrogen) atoms. The van der Waals surface area contributed by atoms with Gasteiger partial charge >= 0.3 is 6.09 Å². The molecule has 252 valence electrons. The van der Waals surface area contributed by atoms with E-state index in [0.717, 1.165) is 40.4 Å². The summed E-state index contributed by atoms with van der Waals surface area (Å²) in [6.45, 7) is 16.4. The topological polar surface area (TPSA) is 117 Å². The van der Waals surface area contributed by atoms with Gasteiger partial charge in [0.05, 0.1) is 5.39 Å². The average Bonchev–Trinajstić information content (AvgIpc) is 3.32. The van der Waals surface area contributed by atoms with E-state index in [1.54, 1.807) is 18.6 Å². The third kappa shape index (κ3) is 11.5. The quantitative estimate of drug-likeness (QED) is 0.102. The van der Waals surface area contributed by atoms with E-state index in [9.17, 15) is 9.59 Å². The van der Waals surface area contributed by atoms with Crippen LogP contribution in [-0.4, -0.2) is 59.9 Å². The number of alkyl carbamates (subject to hydrolysis) is 1. The van der Waals surface area contributed by atoms with E-state index in [1.165, 1.54) is 0 Å². The Hall–Kier alpha value is -4.22. The lowest BCUT2D eigenvalue weighted by molar-refractivity contribution is -0.121. The summed E-state index contributed by atoms with van der Waals surface area (Å²) in [7, 11) is -1.18. The minimum absolute atomic E-state index is 0.110. The SMILES string of the molecule is Cc1cn(COCC[Si](C)(C)C)c2nccc(Oc3cccc(C(CNC(=O)OC(C)(C)C)CC(=O)NCCc4ccncc4)c3)c12. The fraction of sp³-hybridized carbons (Fsp3) is 0.444. The molecule has 0 spiro atoms. The van der Waals surface area contributed by atoms with Gasteiger partial charge in [-0.15, -0.1) is 0 Å². The summed E-state index contributed by atoms with van der Waals surface area (Å²) >= 11 is 0. The summed E-state index contributed by atoms with van der Waals surface area (Å²) in [6.07, 6.45) is 7.60. The van der Waals surface area contributed by atoms with E-state index in [0.29, 0.717) is 31.2 Å². The van der Waals surface area contributed by atoms with Crippen LogP contribution in [0.4, 0.5) is 4.79 Å². The lowest BCUT2D eigenvalue weighted by Crippen LogP contribution is -2.36. The highest BCUT2D eigenvalue weighted by Gasteiger charge is 2.22. The number of carbonyl (C=O) groups is 2. The average molecular weight is 660 g/mol. The molecule has 0 aliphatic heterocycles. The third-order valence-corrected chi connectivity index (χ3v) is 9.21. The summed E-state index contributed by atoms with van der Waals surface area (Å²) in [5.41, 5.74) is 3.16. The number of aromatic nitrogens is 3. The maximum atomic E-state index is 13.1. The van der Waals surface area contributed by atoms with Gasteiger partial charge in [0.15, 0.2) is 0 Å². The lowest BCUT2D eigenvalue weighted by atomic mass is 9.95. The number of pyridine rings is 2. The standard InChI is InChI=1S/C36H49N5O5Si/c1-26-24-41(25-44-19-20-47(5,6)7)34-33(26)31(14-18-39-34)45-30-10-8-9-28(21-30)29(23-40-35(43)46-36(2,3)4)22-32(42)38-17-13-27-11-15-37-16-12-27/h8-12,14-16,18,21,24,29H,13,17,19-20,22-23,25H2,1-7H3,(H,38,42)(H,40,43). The number of rotatable bonds is 15. The molecule has 2 N–H and O–H groups in total. The summed E-state index contributed by atoms with van der Waals surface area (Å²) in [6, 6.07) is 14.5. The monoisotopic (exact) mass is 659 g/mol. The van der Waals surface area contributed by atoms with Crippen LogP contribution in [0.5, 0.6) is 11.5 Å². The fourth-order valence-corrected chi connectivity index (χ4v) is 5.84. The molecule has 4 aromatic rings. The van der Waals surface area contributed by atoms with Gasteiger partial charge in [-0.3, -0.25) is 9.78 Å². The lowest BCUT2D eigenvalue weighted by Gasteiger charge is -2.22. The van der Waals surface area contributed by atoms with Gasteiger partial charge in [0.25, 0.3) is 0 Å². The van der Waals surface area contributed by atoms with E-state index >= 15 is 0 Å². The molecule has 0 radical (unpaired) electrons. The van der Waals surface area contributed by atoms with Crippen molar-refractivity contribution in [2.45, 2.75) is 84.5 Å². The molecule has 3 heterocycles. The Morgan fingerprint density at radius 2 is 1.79 bits per heavy atom. The number of hydrogen-bond donors (Lipinski definition) is 2. The van der Waals surface area contributed by atoms with Crippen molar-refractivity contribution in [2.24, 2.45) is 0 Å². The van der Waals surface area contributed by atoms with Gasteiger partial charge in [0.1, 0.15) is 29.5 Å². The molecule has 2 amide bonds. The normalized spacial score (nSPS) is 12.5. The highest BCUT2D eigenvalue weighted by Crippen LogP contribution is 2.34. The Morgan fingerprint density at radius 3 is 2.51 bits per heavy atom. The Balaban J connectivity index is 1.49. The zero-order valence-corrected chi connectivity index (χ0v) is 29.8. The number of nitrogens with zero attached hydrogens (tertiary/aromatic N) is 3. The van der Waals surface area contributed by atoms with Crippen LogP contribution in [0.15, 0.2) is 67.3 Å². The first-order valence-corrected chi connectivity index (χ1v) is 19.9. The van der Waals surface area contributed by atoms with Crippen LogP contribution >= 0.6 is 0 Å². The maximum Gasteiger partial charge on any atom is 0.407 e. The predicted octanol–water partition coefficient (Wildman–Crippen LogP) is 7.20. The molecule has 3 aromatic heterocycles. The fourth-order valence-electron chi connectivity index (χ4n) is 5.09. The Bertz CT molecular complexity index is 1630. The zero-order chi connectivity index (χ0) is 34.0. The molecule has 0 saturated heterocycles. The van der Waals surface area contributed by atoms with Crippen LogP contribution in [0.25, 0.3) is 11.0 Å². The van der Waals surface area contributed by atoms with E-state index in [-0.39, 0.29) is 24.8 Å². The highest BCUT2D eigenvalue weighted by molar-refractivity contribution is 6.76. The summed E-state index contributed by atoms with van der Waals surface area (Å²) in [5.74, 6) is 0.874. The van der Waals surface area contributed by atoms with E-state index in [2.05, 4.69) is 40.2 Å². The van der Waals surface area contributed by atoms with Crippen molar-refractivity contribution < 1.29 is 23.8 Å². The molecule has 1 atom stereocenters. The number of fused-ring (bicyclic) bond motifs is 1. The van der Waals surface area contributed by atoms with Crippen LogP contribution in [0, 0.1) is 6.92 Å². The second-order valence-electron chi connectivity index (χ2n) is 14.1. The van der Waals surface area contributed by atoms with Crippen LogP contribution in [0.3, 0.4) is 0 Å².